The fourth-order valence-electron chi connectivity index (χ4n) is 1.81. The molecule has 18 heavy (non-hydrogen) atoms. The molecule has 2 heterocycles. The summed E-state index contributed by atoms with van der Waals surface area (Å²) in [6, 6.07) is 0. The van der Waals surface area contributed by atoms with Gasteiger partial charge in [0.25, 0.3) is 0 Å². The lowest BCUT2D eigenvalue weighted by molar-refractivity contribution is 0.0456. The van der Waals surface area contributed by atoms with Gasteiger partial charge in [0.1, 0.15) is 5.82 Å². The summed E-state index contributed by atoms with van der Waals surface area (Å²) in [5.74, 6) is 1.47. The van der Waals surface area contributed by atoms with E-state index in [1.165, 1.54) is 0 Å². The number of aromatic nitrogens is 4. The van der Waals surface area contributed by atoms with Gasteiger partial charge in [-0.1, -0.05) is 13.8 Å². The summed E-state index contributed by atoms with van der Waals surface area (Å²) in [5.41, 5.74) is -0.0200. The second-order valence-corrected chi connectivity index (χ2v) is 4.50. The molecule has 2 N–H and O–H groups in total. The largest absolute Gasteiger partial charge is 0.388 e. The highest BCUT2D eigenvalue weighted by Crippen LogP contribution is 2.17. The molecule has 0 aromatic carbocycles. The van der Waals surface area contributed by atoms with E-state index in [0.717, 1.165) is 5.82 Å². The molecule has 2 rings (SSSR count). The average Bonchev–Trinajstić information content (AvgIpc) is 2.78. The van der Waals surface area contributed by atoms with Crippen LogP contribution in [-0.4, -0.2) is 36.8 Å². The first-order chi connectivity index (χ1) is 8.59. The standard InChI is InChI=1S/C12H19N5O/c1-4-12(18,5-2)8-14-10-11-16-15-9(3)17(11)7-6-13-10/h6-7,18H,4-5,8H2,1-3H3,(H,13,14). The van der Waals surface area contributed by atoms with Crippen LogP contribution in [0, 0.1) is 6.92 Å². The Balaban J connectivity index is 2.22. The van der Waals surface area contributed by atoms with Crippen molar-refractivity contribution in [2.24, 2.45) is 0 Å². The van der Waals surface area contributed by atoms with E-state index in [-0.39, 0.29) is 0 Å². The van der Waals surface area contributed by atoms with Crippen molar-refractivity contribution in [1.82, 2.24) is 19.6 Å². The average molecular weight is 249 g/mol. The highest BCUT2D eigenvalue weighted by molar-refractivity contribution is 5.62. The number of hydrogen-bond donors (Lipinski definition) is 2. The molecule has 2 aromatic heterocycles. The maximum Gasteiger partial charge on any atom is 0.203 e. The fraction of sp³-hybridized carbons (Fsp3) is 0.583. The topological polar surface area (TPSA) is 75.3 Å². The Morgan fingerprint density at radius 3 is 2.72 bits per heavy atom. The van der Waals surface area contributed by atoms with Crippen LogP contribution in [0.3, 0.4) is 0 Å². The molecule has 0 aliphatic rings. The van der Waals surface area contributed by atoms with Gasteiger partial charge >= 0.3 is 0 Å². The molecule has 0 atom stereocenters. The number of hydrogen-bond acceptors (Lipinski definition) is 5. The van der Waals surface area contributed by atoms with Crippen molar-refractivity contribution in [3.05, 3.63) is 18.2 Å². The van der Waals surface area contributed by atoms with E-state index < -0.39 is 5.60 Å². The van der Waals surface area contributed by atoms with Crippen LogP contribution in [0.1, 0.15) is 32.5 Å². The number of rotatable bonds is 5. The summed E-state index contributed by atoms with van der Waals surface area (Å²) in [5, 5.41) is 21.5. The van der Waals surface area contributed by atoms with E-state index in [1.807, 2.05) is 31.4 Å². The van der Waals surface area contributed by atoms with E-state index in [4.69, 9.17) is 0 Å². The molecule has 0 amide bonds. The predicted molar refractivity (Wildman–Crippen MR) is 69.5 cm³/mol. The molecule has 98 valence electrons. The number of anilines is 1. The first-order valence-corrected chi connectivity index (χ1v) is 6.22. The zero-order chi connectivity index (χ0) is 13.2. The van der Waals surface area contributed by atoms with Crippen LogP contribution in [0.15, 0.2) is 12.4 Å². The van der Waals surface area contributed by atoms with E-state index in [1.54, 1.807) is 6.20 Å². The molecule has 0 fully saturated rings. The second kappa shape index (κ2) is 4.89. The normalized spacial score (nSPS) is 12.0. The Bertz CT molecular complexity index is 532. The smallest absolute Gasteiger partial charge is 0.203 e. The van der Waals surface area contributed by atoms with Crippen LogP contribution in [0.5, 0.6) is 0 Å². The SMILES string of the molecule is CCC(O)(CC)CNc1nccn2c(C)nnc12. The Morgan fingerprint density at radius 1 is 1.33 bits per heavy atom. The second-order valence-electron chi connectivity index (χ2n) is 4.50. The van der Waals surface area contributed by atoms with Gasteiger partial charge in [-0.2, -0.15) is 0 Å². The zero-order valence-corrected chi connectivity index (χ0v) is 11.0. The molecule has 0 saturated heterocycles. The van der Waals surface area contributed by atoms with Gasteiger partial charge in [-0.05, 0) is 19.8 Å². The van der Waals surface area contributed by atoms with E-state index in [0.29, 0.717) is 30.9 Å². The third-order valence-corrected chi connectivity index (χ3v) is 3.40. The van der Waals surface area contributed by atoms with Crippen LogP contribution >= 0.6 is 0 Å². The van der Waals surface area contributed by atoms with Crippen molar-refractivity contribution in [1.29, 1.82) is 0 Å². The number of aliphatic hydroxyl groups is 1. The quantitative estimate of drug-likeness (QED) is 0.837. The van der Waals surface area contributed by atoms with E-state index in [9.17, 15) is 5.11 Å². The molecule has 0 spiro atoms. The van der Waals surface area contributed by atoms with E-state index in [2.05, 4.69) is 20.5 Å². The molecule has 0 unspecified atom stereocenters. The van der Waals surface area contributed by atoms with Crippen LogP contribution in [0.2, 0.25) is 0 Å². The van der Waals surface area contributed by atoms with Gasteiger partial charge in [0.15, 0.2) is 5.82 Å². The number of fused-ring (bicyclic) bond motifs is 1. The van der Waals surface area contributed by atoms with Gasteiger partial charge in [0, 0.05) is 18.9 Å². The van der Waals surface area contributed by atoms with Gasteiger partial charge in [-0.15, -0.1) is 10.2 Å². The minimum absolute atomic E-state index is 0.457. The predicted octanol–water partition coefficient (Wildman–Crippen LogP) is 1.40. The third-order valence-electron chi connectivity index (χ3n) is 3.40. The summed E-state index contributed by atoms with van der Waals surface area (Å²) in [4.78, 5) is 4.25. The monoisotopic (exact) mass is 249 g/mol. The lowest BCUT2D eigenvalue weighted by Crippen LogP contribution is -2.35. The summed E-state index contributed by atoms with van der Waals surface area (Å²) in [7, 11) is 0. The summed E-state index contributed by atoms with van der Waals surface area (Å²) in [6.45, 7) is 6.29. The van der Waals surface area contributed by atoms with Gasteiger partial charge in [0.05, 0.1) is 5.60 Å². The molecule has 0 aliphatic carbocycles. The fourth-order valence-corrected chi connectivity index (χ4v) is 1.81. The highest BCUT2D eigenvalue weighted by Gasteiger charge is 2.22. The molecule has 0 bridgehead atoms. The first-order valence-electron chi connectivity index (χ1n) is 6.22. The highest BCUT2D eigenvalue weighted by atomic mass is 16.3. The van der Waals surface area contributed by atoms with Crippen molar-refractivity contribution >= 4 is 11.5 Å². The summed E-state index contributed by atoms with van der Waals surface area (Å²) in [6.07, 6.45) is 4.92. The Kier molecular flexibility index (Phi) is 3.47. The third kappa shape index (κ3) is 2.28. The molecule has 6 nitrogen and oxygen atoms in total. The van der Waals surface area contributed by atoms with Crippen molar-refractivity contribution in [2.45, 2.75) is 39.2 Å². The maximum absolute atomic E-state index is 10.2. The van der Waals surface area contributed by atoms with Crippen LogP contribution in [0.25, 0.3) is 5.65 Å². The minimum atomic E-state index is -0.705. The van der Waals surface area contributed by atoms with E-state index >= 15 is 0 Å². The Labute approximate surface area is 106 Å². The van der Waals surface area contributed by atoms with Crippen molar-refractivity contribution in [2.75, 3.05) is 11.9 Å². The van der Waals surface area contributed by atoms with Gasteiger partial charge in [-0.25, -0.2) is 4.98 Å². The minimum Gasteiger partial charge on any atom is -0.388 e. The first kappa shape index (κ1) is 12.8. The molecular formula is C12H19N5O. The van der Waals surface area contributed by atoms with Crippen molar-refractivity contribution < 1.29 is 5.11 Å². The number of nitrogens with one attached hydrogen (secondary N) is 1. The number of nitrogens with zero attached hydrogens (tertiary/aromatic N) is 4. The zero-order valence-electron chi connectivity index (χ0n) is 11.0. The number of aryl methyl sites for hydroxylation is 1. The van der Waals surface area contributed by atoms with Crippen LogP contribution in [-0.2, 0) is 0 Å². The lowest BCUT2D eigenvalue weighted by atomic mass is 9.98. The molecule has 6 heteroatoms. The molecular weight excluding hydrogens is 230 g/mol. The molecule has 0 aliphatic heterocycles. The molecule has 0 radical (unpaired) electrons. The van der Waals surface area contributed by atoms with Gasteiger partial charge < -0.3 is 10.4 Å². The van der Waals surface area contributed by atoms with Gasteiger partial charge in [0.2, 0.25) is 5.65 Å². The van der Waals surface area contributed by atoms with Crippen LogP contribution in [0.4, 0.5) is 5.82 Å². The Morgan fingerprint density at radius 2 is 2.06 bits per heavy atom. The summed E-state index contributed by atoms with van der Waals surface area (Å²) >= 11 is 0. The maximum atomic E-state index is 10.2. The Hall–Kier alpha value is -1.69. The molecule has 2 aromatic rings. The lowest BCUT2D eigenvalue weighted by Gasteiger charge is -2.25. The van der Waals surface area contributed by atoms with Crippen molar-refractivity contribution in [3.63, 3.8) is 0 Å². The van der Waals surface area contributed by atoms with Crippen LogP contribution < -0.4 is 5.32 Å². The van der Waals surface area contributed by atoms with Crippen molar-refractivity contribution in [3.8, 4) is 0 Å². The molecule has 0 saturated carbocycles. The van der Waals surface area contributed by atoms with Gasteiger partial charge in [-0.3, -0.25) is 4.40 Å². The summed E-state index contributed by atoms with van der Waals surface area (Å²) < 4.78 is 1.87.